The van der Waals surface area contributed by atoms with Gasteiger partial charge in [-0.25, -0.2) is 14.2 Å². The summed E-state index contributed by atoms with van der Waals surface area (Å²) in [6.45, 7) is 1.82. The molecule has 2 rings (SSSR count). The van der Waals surface area contributed by atoms with E-state index >= 15 is 0 Å². The van der Waals surface area contributed by atoms with E-state index in [2.05, 4.69) is 4.98 Å². The Hall–Kier alpha value is -1.71. The molecule has 0 spiro atoms. The van der Waals surface area contributed by atoms with Crippen molar-refractivity contribution in [2.75, 3.05) is 0 Å². The summed E-state index contributed by atoms with van der Waals surface area (Å²) in [5.74, 6) is -0.0780. The molecule has 0 fully saturated rings. The summed E-state index contributed by atoms with van der Waals surface area (Å²) in [6.07, 6.45) is 0.516. The van der Waals surface area contributed by atoms with Gasteiger partial charge in [0.2, 0.25) is 0 Å². The van der Waals surface area contributed by atoms with Gasteiger partial charge in [-0.3, -0.25) is 0 Å². The molecule has 0 aliphatic heterocycles. The molecule has 0 saturated heterocycles. The third kappa shape index (κ3) is 1.39. The van der Waals surface area contributed by atoms with E-state index in [-0.39, 0.29) is 0 Å². The van der Waals surface area contributed by atoms with Crippen LogP contribution in [0.1, 0.15) is 12.8 Å². The highest BCUT2D eigenvalue weighted by atomic mass is 19.1. The minimum Gasteiger partial charge on any atom is -0.408 e. The molecule has 0 aliphatic rings. The van der Waals surface area contributed by atoms with Crippen molar-refractivity contribution >= 4 is 10.9 Å². The summed E-state index contributed by atoms with van der Waals surface area (Å²) < 4.78 is 17.7. The first-order valence-electron chi connectivity index (χ1n) is 4.30. The Bertz CT molecular complexity index is 533. The van der Waals surface area contributed by atoms with Crippen molar-refractivity contribution in [2.24, 2.45) is 0 Å². The summed E-state index contributed by atoms with van der Waals surface area (Å²) in [5.41, 5.74) is -0.120. The summed E-state index contributed by atoms with van der Waals surface area (Å²) in [5, 5.41) is 0.309. The molecule has 0 unspecified atom stereocenters. The Morgan fingerprint density at radius 1 is 1.50 bits per heavy atom. The minimum atomic E-state index is -0.466. The highest BCUT2D eigenvalue weighted by Gasteiger charge is 2.05. The molecule has 0 aliphatic carbocycles. The zero-order valence-electron chi connectivity index (χ0n) is 7.58. The Balaban J connectivity index is 2.84. The van der Waals surface area contributed by atoms with Crippen LogP contribution in [-0.4, -0.2) is 4.98 Å². The SMILES string of the molecule is CCc1nc2cc(F)ccc2c(=O)o1. The highest BCUT2D eigenvalue weighted by Crippen LogP contribution is 2.10. The van der Waals surface area contributed by atoms with Crippen LogP contribution in [0.4, 0.5) is 4.39 Å². The molecule has 0 radical (unpaired) electrons. The topological polar surface area (TPSA) is 43.1 Å². The van der Waals surface area contributed by atoms with E-state index in [9.17, 15) is 9.18 Å². The van der Waals surface area contributed by atoms with Gasteiger partial charge in [-0.1, -0.05) is 6.92 Å². The van der Waals surface area contributed by atoms with Crippen molar-refractivity contribution in [3.8, 4) is 0 Å². The molecule has 0 atom stereocenters. The van der Waals surface area contributed by atoms with Crippen LogP contribution in [0.15, 0.2) is 27.4 Å². The van der Waals surface area contributed by atoms with Crippen molar-refractivity contribution in [1.29, 1.82) is 0 Å². The molecule has 1 aromatic heterocycles. The summed E-state index contributed by atoms with van der Waals surface area (Å²) in [4.78, 5) is 15.3. The lowest BCUT2D eigenvalue weighted by Gasteiger charge is -1.98. The first-order chi connectivity index (χ1) is 6.70. The first-order valence-corrected chi connectivity index (χ1v) is 4.30. The van der Waals surface area contributed by atoms with Crippen molar-refractivity contribution < 1.29 is 8.81 Å². The summed E-state index contributed by atoms with van der Waals surface area (Å²) >= 11 is 0. The summed E-state index contributed by atoms with van der Waals surface area (Å²) in [7, 11) is 0. The number of fused-ring (bicyclic) bond motifs is 1. The van der Waals surface area contributed by atoms with Crippen LogP contribution >= 0.6 is 0 Å². The van der Waals surface area contributed by atoms with E-state index in [1.807, 2.05) is 6.92 Å². The quantitative estimate of drug-likeness (QED) is 0.694. The number of hydrogen-bond donors (Lipinski definition) is 0. The average molecular weight is 193 g/mol. The molecule has 1 heterocycles. The van der Waals surface area contributed by atoms with Gasteiger partial charge in [-0.2, -0.15) is 0 Å². The van der Waals surface area contributed by atoms with Gasteiger partial charge in [0.05, 0.1) is 10.9 Å². The van der Waals surface area contributed by atoms with Gasteiger partial charge < -0.3 is 4.42 Å². The molecule has 3 nitrogen and oxygen atoms in total. The van der Waals surface area contributed by atoms with E-state index < -0.39 is 11.4 Å². The van der Waals surface area contributed by atoms with Crippen LogP contribution in [0.25, 0.3) is 10.9 Å². The van der Waals surface area contributed by atoms with E-state index in [0.717, 1.165) is 0 Å². The zero-order chi connectivity index (χ0) is 10.1. The average Bonchev–Trinajstić information content (AvgIpc) is 2.16. The van der Waals surface area contributed by atoms with Gasteiger partial charge in [0.1, 0.15) is 5.82 Å². The van der Waals surface area contributed by atoms with Gasteiger partial charge >= 0.3 is 5.63 Å². The molecule has 72 valence electrons. The predicted molar refractivity (Wildman–Crippen MR) is 49.6 cm³/mol. The Labute approximate surface area is 79.2 Å². The highest BCUT2D eigenvalue weighted by molar-refractivity contribution is 5.76. The third-order valence-corrected chi connectivity index (χ3v) is 1.94. The molecule has 2 aromatic rings. The molecular formula is C10H8FNO2. The molecule has 0 amide bonds. The second kappa shape index (κ2) is 3.21. The Kier molecular flexibility index (Phi) is 2.04. The van der Waals surface area contributed by atoms with Crippen molar-refractivity contribution in [3.05, 3.63) is 40.3 Å². The number of halogens is 1. The lowest BCUT2D eigenvalue weighted by molar-refractivity contribution is 0.450. The monoisotopic (exact) mass is 193 g/mol. The van der Waals surface area contributed by atoms with E-state index in [1.54, 1.807) is 0 Å². The normalized spacial score (nSPS) is 10.7. The van der Waals surface area contributed by atoms with Crippen LogP contribution < -0.4 is 5.63 Å². The van der Waals surface area contributed by atoms with Crippen LogP contribution in [0, 0.1) is 5.82 Å². The second-order valence-corrected chi connectivity index (χ2v) is 2.91. The van der Waals surface area contributed by atoms with Gasteiger partial charge in [0.25, 0.3) is 0 Å². The maximum absolute atomic E-state index is 12.8. The predicted octanol–water partition coefficient (Wildman–Crippen LogP) is 1.89. The fraction of sp³-hybridized carbons (Fsp3) is 0.200. The number of aromatic nitrogens is 1. The Morgan fingerprint density at radius 2 is 2.29 bits per heavy atom. The first kappa shape index (κ1) is 8.87. The fourth-order valence-corrected chi connectivity index (χ4v) is 1.24. The molecule has 0 N–H and O–H groups in total. The molecule has 0 bridgehead atoms. The number of rotatable bonds is 1. The zero-order valence-corrected chi connectivity index (χ0v) is 7.58. The van der Waals surface area contributed by atoms with Crippen molar-refractivity contribution in [1.82, 2.24) is 4.98 Å². The number of hydrogen-bond acceptors (Lipinski definition) is 3. The molecule has 4 heteroatoms. The minimum absolute atomic E-state index is 0.309. The maximum Gasteiger partial charge on any atom is 0.346 e. The lowest BCUT2D eigenvalue weighted by atomic mass is 10.2. The standard InChI is InChI=1S/C10H8FNO2/c1-2-9-12-8-5-6(11)3-4-7(8)10(13)14-9/h3-5H,2H2,1H3. The van der Waals surface area contributed by atoms with Gasteiger partial charge in [0.15, 0.2) is 5.89 Å². The Morgan fingerprint density at radius 3 is 3.00 bits per heavy atom. The van der Waals surface area contributed by atoms with E-state index in [1.165, 1.54) is 18.2 Å². The van der Waals surface area contributed by atoms with Gasteiger partial charge in [0, 0.05) is 12.5 Å². The lowest BCUT2D eigenvalue weighted by Crippen LogP contribution is -2.04. The van der Waals surface area contributed by atoms with Gasteiger partial charge in [-0.05, 0) is 12.1 Å². The van der Waals surface area contributed by atoms with Crippen molar-refractivity contribution in [3.63, 3.8) is 0 Å². The largest absolute Gasteiger partial charge is 0.408 e. The fourth-order valence-electron chi connectivity index (χ4n) is 1.24. The smallest absolute Gasteiger partial charge is 0.346 e. The molecule has 1 aromatic carbocycles. The second-order valence-electron chi connectivity index (χ2n) is 2.91. The number of aryl methyl sites for hydroxylation is 1. The van der Waals surface area contributed by atoms with Crippen molar-refractivity contribution in [2.45, 2.75) is 13.3 Å². The van der Waals surface area contributed by atoms with Crippen LogP contribution in [0.2, 0.25) is 0 Å². The number of nitrogens with zero attached hydrogens (tertiary/aromatic N) is 1. The molecular weight excluding hydrogens is 185 g/mol. The van der Waals surface area contributed by atoms with Crippen LogP contribution in [0.5, 0.6) is 0 Å². The molecule has 0 saturated carbocycles. The molecule has 14 heavy (non-hydrogen) atoms. The van der Waals surface area contributed by atoms with E-state index in [4.69, 9.17) is 4.42 Å². The maximum atomic E-state index is 12.8. The van der Waals surface area contributed by atoms with Crippen LogP contribution in [-0.2, 0) is 6.42 Å². The number of benzene rings is 1. The van der Waals surface area contributed by atoms with E-state index in [0.29, 0.717) is 23.2 Å². The summed E-state index contributed by atoms with van der Waals surface area (Å²) in [6, 6.07) is 3.82. The van der Waals surface area contributed by atoms with Crippen LogP contribution in [0.3, 0.4) is 0 Å². The van der Waals surface area contributed by atoms with Gasteiger partial charge in [-0.15, -0.1) is 0 Å². The third-order valence-electron chi connectivity index (χ3n) is 1.94.